The second-order valence-corrected chi connectivity index (χ2v) is 7.37. The predicted octanol–water partition coefficient (Wildman–Crippen LogP) is 3.17. The molecule has 0 radical (unpaired) electrons. The van der Waals surface area contributed by atoms with Crippen molar-refractivity contribution in [3.8, 4) is 0 Å². The zero-order chi connectivity index (χ0) is 18.4. The molecule has 2 aromatic rings. The molecule has 0 unspecified atom stereocenters. The third-order valence-corrected chi connectivity index (χ3v) is 5.22. The Morgan fingerprint density at radius 2 is 1.88 bits per heavy atom. The second-order valence-electron chi connectivity index (χ2n) is 5.00. The first-order valence-electron chi connectivity index (χ1n) is 7.20. The fraction of sp³-hybridized carbons (Fsp3) is 0.118. The number of halogens is 1. The number of rotatable bonds is 6. The van der Waals surface area contributed by atoms with Gasteiger partial charge in [0.15, 0.2) is 0 Å². The van der Waals surface area contributed by atoms with E-state index in [2.05, 4.69) is 5.32 Å². The smallest absolute Gasteiger partial charge is 0.264 e. The van der Waals surface area contributed by atoms with Crippen molar-refractivity contribution in [2.24, 2.45) is 0 Å². The first-order valence-corrected chi connectivity index (χ1v) is 9.02. The van der Waals surface area contributed by atoms with Crippen LogP contribution in [0, 0.1) is 0 Å². The molecule has 6 nitrogen and oxygen atoms in total. The molecule has 0 atom stereocenters. The summed E-state index contributed by atoms with van der Waals surface area (Å²) < 4.78 is 24.9. The summed E-state index contributed by atoms with van der Waals surface area (Å²) in [6, 6.07) is 12.9. The predicted molar refractivity (Wildman–Crippen MR) is 97.5 cm³/mol. The minimum absolute atomic E-state index is 0.0596. The number of sulfonamides is 1. The molecule has 0 fully saturated rings. The molecule has 0 aliphatic carbocycles. The van der Waals surface area contributed by atoms with Crippen LogP contribution in [0.15, 0.2) is 59.5 Å². The summed E-state index contributed by atoms with van der Waals surface area (Å²) in [5.41, 5.74) is 1.27. The maximum absolute atomic E-state index is 12.1. The van der Waals surface area contributed by atoms with E-state index in [0.29, 0.717) is 10.7 Å². The van der Waals surface area contributed by atoms with E-state index in [1.165, 1.54) is 44.5 Å². The molecule has 0 saturated carbocycles. The topological polar surface area (TPSA) is 75.7 Å². The zero-order valence-corrected chi connectivity index (χ0v) is 15.2. The maximum atomic E-state index is 12.1. The van der Waals surface area contributed by atoms with Gasteiger partial charge in [0.2, 0.25) is 5.91 Å². The monoisotopic (exact) mass is 380 g/mol. The van der Waals surface area contributed by atoms with Crippen LogP contribution in [-0.4, -0.2) is 33.0 Å². The van der Waals surface area contributed by atoms with Crippen LogP contribution >= 0.6 is 11.6 Å². The van der Waals surface area contributed by atoms with Crippen LogP contribution in [0.3, 0.4) is 0 Å². The van der Waals surface area contributed by atoms with Crippen LogP contribution in [0.5, 0.6) is 0 Å². The molecular weight excluding hydrogens is 364 g/mol. The number of nitrogens with zero attached hydrogens (tertiary/aromatic N) is 1. The molecule has 0 aromatic heterocycles. The van der Waals surface area contributed by atoms with Crippen molar-refractivity contribution in [3.05, 3.63) is 65.2 Å². The van der Waals surface area contributed by atoms with Gasteiger partial charge in [0.05, 0.1) is 12.0 Å². The highest BCUT2D eigenvalue weighted by molar-refractivity contribution is 7.89. The largest absolute Gasteiger partial charge is 0.323 e. The SMILES string of the molecule is CON(C)S(=O)(=O)c1ccc(NC(=O)/C=C/c2cccc(Cl)c2)cc1. The Morgan fingerprint density at radius 1 is 1.20 bits per heavy atom. The quantitative estimate of drug-likeness (QED) is 0.617. The number of benzene rings is 2. The molecule has 0 spiro atoms. The molecular formula is C17H17ClN2O4S. The van der Waals surface area contributed by atoms with Crippen LogP contribution in [0.4, 0.5) is 5.69 Å². The van der Waals surface area contributed by atoms with Crippen LogP contribution < -0.4 is 5.32 Å². The van der Waals surface area contributed by atoms with Gasteiger partial charge in [-0.2, -0.15) is 0 Å². The summed E-state index contributed by atoms with van der Waals surface area (Å²) >= 11 is 5.88. The highest BCUT2D eigenvalue weighted by Crippen LogP contribution is 2.17. The Balaban J connectivity index is 2.05. The van der Waals surface area contributed by atoms with Crippen LogP contribution in [0.2, 0.25) is 5.02 Å². The van der Waals surface area contributed by atoms with E-state index in [9.17, 15) is 13.2 Å². The molecule has 132 valence electrons. The zero-order valence-electron chi connectivity index (χ0n) is 13.6. The van der Waals surface area contributed by atoms with Gasteiger partial charge in [-0.25, -0.2) is 8.42 Å². The molecule has 2 aromatic carbocycles. The van der Waals surface area contributed by atoms with Crippen molar-refractivity contribution in [1.82, 2.24) is 4.47 Å². The van der Waals surface area contributed by atoms with Gasteiger partial charge >= 0.3 is 0 Å². The van der Waals surface area contributed by atoms with E-state index in [1.54, 1.807) is 24.3 Å². The van der Waals surface area contributed by atoms with Crippen LogP contribution in [0.25, 0.3) is 6.08 Å². The third-order valence-electron chi connectivity index (χ3n) is 3.29. The Labute approximate surface area is 151 Å². The van der Waals surface area contributed by atoms with Crippen LogP contribution in [-0.2, 0) is 19.7 Å². The van der Waals surface area contributed by atoms with Gasteiger partial charge in [0.25, 0.3) is 10.0 Å². The third kappa shape index (κ3) is 5.14. The normalized spacial score (nSPS) is 11.8. The number of nitrogens with one attached hydrogen (secondary N) is 1. The lowest BCUT2D eigenvalue weighted by Crippen LogP contribution is -2.25. The van der Waals surface area contributed by atoms with Gasteiger partial charge in [0.1, 0.15) is 0 Å². The first kappa shape index (κ1) is 19.1. The molecule has 0 aliphatic rings. The highest BCUT2D eigenvalue weighted by atomic mass is 35.5. The number of carbonyl (C=O) groups excluding carboxylic acids is 1. The number of hydrogen-bond acceptors (Lipinski definition) is 4. The minimum atomic E-state index is -3.71. The van der Waals surface area contributed by atoms with Crippen molar-refractivity contribution in [3.63, 3.8) is 0 Å². The summed E-state index contributed by atoms with van der Waals surface area (Å²) in [7, 11) is -1.15. The maximum Gasteiger partial charge on any atom is 0.264 e. The number of hydroxylamine groups is 1. The molecule has 0 aliphatic heterocycles. The molecule has 1 N–H and O–H groups in total. The van der Waals surface area contributed by atoms with E-state index in [1.807, 2.05) is 6.07 Å². The molecule has 1 amide bonds. The van der Waals surface area contributed by atoms with Crippen molar-refractivity contribution in [2.75, 3.05) is 19.5 Å². The van der Waals surface area contributed by atoms with E-state index < -0.39 is 10.0 Å². The Kier molecular flexibility index (Phi) is 6.33. The van der Waals surface area contributed by atoms with Crippen molar-refractivity contribution in [1.29, 1.82) is 0 Å². The summed E-state index contributed by atoms with van der Waals surface area (Å²) in [5.74, 6) is -0.343. The molecule has 0 heterocycles. The van der Waals surface area contributed by atoms with E-state index >= 15 is 0 Å². The van der Waals surface area contributed by atoms with Crippen molar-refractivity contribution < 1.29 is 18.0 Å². The molecule has 25 heavy (non-hydrogen) atoms. The van der Waals surface area contributed by atoms with Crippen molar-refractivity contribution >= 4 is 39.3 Å². The fourth-order valence-corrected chi connectivity index (χ4v) is 3.09. The molecule has 8 heteroatoms. The van der Waals surface area contributed by atoms with Gasteiger partial charge in [-0.05, 0) is 48.0 Å². The molecule has 2 rings (SSSR count). The van der Waals surface area contributed by atoms with Gasteiger partial charge in [-0.3, -0.25) is 9.63 Å². The highest BCUT2D eigenvalue weighted by Gasteiger charge is 2.20. The van der Waals surface area contributed by atoms with Crippen LogP contribution in [0.1, 0.15) is 5.56 Å². The Bertz CT molecular complexity index is 880. The minimum Gasteiger partial charge on any atom is -0.323 e. The molecule has 0 saturated heterocycles. The average Bonchev–Trinajstić information content (AvgIpc) is 2.59. The number of hydrogen-bond donors (Lipinski definition) is 1. The number of carbonyl (C=O) groups is 1. The van der Waals surface area contributed by atoms with Gasteiger partial charge < -0.3 is 5.32 Å². The number of amides is 1. The van der Waals surface area contributed by atoms with Crippen molar-refractivity contribution in [2.45, 2.75) is 4.90 Å². The van der Waals surface area contributed by atoms with E-state index in [-0.39, 0.29) is 10.8 Å². The lowest BCUT2D eigenvalue weighted by molar-refractivity contribution is -0.111. The molecule has 0 bridgehead atoms. The lowest BCUT2D eigenvalue weighted by atomic mass is 10.2. The number of anilines is 1. The van der Waals surface area contributed by atoms with Gasteiger partial charge in [-0.15, -0.1) is 0 Å². The van der Waals surface area contributed by atoms with Gasteiger partial charge in [-0.1, -0.05) is 28.2 Å². The Morgan fingerprint density at radius 3 is 2.48 bits per heavy atom. The average molecular weight is 381 g/mol. The standard InChI is InChI=1S/C17H17ClN2O4S/c1-20(24-2)25(22,23)16-9-7-15(8-10-16)19-17(21)11-6-13-4-3-5-14(18)12-13/h3-12H,1-2H3,(H,19,21)/b11-6+. The van der Waals surface area contributed by atoms with Gasteiger partial charge in [0, 0.05) is 23.8 Å². The van der Waals surface area contributed by atoms with E-state index in [0.717, 1.165) is 10.0 Å². The summed E-state index contributed by atoms with van der Waals surface area (Å²) in [6.45, 7) is 0. The summed E-state index contributed by atoms with van der Waals surface area (Å²) in [6.07, 6.45) is 3.00. The fourth-order valence-electron chi connectivity index (χ4n) is 1.92. The Hall–Kier alpha value is -2.19. The summed E-state index contributed by atoms with van der Waals surface area (Å²) in [5, 5.41) is 3.23. The summed E-state index contributed by atoms with van der Waals surface area (Å²) in [4.78, 5) is 16.7. The first-order chi connectivity index (χ1) is 11.8. The van der Waals surface area contributed by atoms with E-state index in [4.69, 9.17) is 16.4 Å². The second kappa shape index (κ2) is 8.26. The lowest BCUT2D eigenvalue weighted by Gasteiger charge is -2.14.